The molecule has 4 amide bonds. The molecule has 0 aliphatic heterocycles. The van der Waals surface area contributed by atoms with Gasteiger partial charge in [-0.3, -0.25) is 24.0 Å². The molecule has 3 unspecified atom stereocenters. The van der Waals surface area contributed by atoms with Crippen molar-refractivity contribution in [2.75, 3.05) is 19.9 Å². The summed E-state index contributed by atoms with van der Waals surface area (Å²) in [5, 5.41) is 19.6. The van der Waals surface area contributed by atoms with Crippen LogP contribution in [-0.4, -0.2) is 78.7 Å². The van der Waals surface area contributed by atoms with Crippen molar-refractivity contribution in [2.24, 2.45) is 11.7 Å². The lowest BCUT2D eigenvalue weighted by Gasteiger charge is -2.24. The lowest BCUT2D eigenvalue weighted by atomic mass is 10.0. The number of nitrogens with one attached hydrogen (secondary N) is 4. The summed E-state index contributed by atoms with van der Waals surface area (Å²) in [5.41, 5.74) is 14.1. The number of benzene rings is 2. The monoisotopic (exact) mass is 968 g/mol. The van der Waals surface area contributed by atoms with Gasteiger partial charge >= 0.3 is 11.9 Å². The van der Waals surface area contributed by atoms with Crippen LogP contribution in [0.1, 0.15) is 137 Å². The highest BCUT2D eigenvalue weighted by atomic mass is 16.7. The first-order valence-corrected chi connectivity index (χ1v) is 24.6. The van der Waals surface area contributed by atoms with Gasteiger partial charge in [0.2, 0.25) is 30.4 Å². The number of phenolic OH excluding ortho intramolecular Hbond substituents is 1. The molecule has 3 atom stereocenters. The number of nitrogens with two attached hydrogens (primary N) is 1. The lowest BCUT2D eigenvalue weighted by Crippen LogP contribution is -2.54. The molecule has 0 aliphatic carbocycles. The van der Waals surface area contributed by atoms with Crippen LogP contribution in [0.5, 0.6) is 5.75 Å². The third-order valence-electron chi connectivity index (χ3n) is 11.3. The van der Waals surface area contributed by atoms with Gasteiger partial charge in [-0.15, -0.1) is 0 Å². The van der Waals surface area contributed by atoms with E-state index in [1.807, 2.05) is 26.8 Å². The van der Waals surface area contributed by atoms with Gasteiger partial charge in [0.05, 0.1) is 19.1 Å². The van der Waals surface area contributed by atoms with Crippen LogP contribution < -0.4 is 27.0 Å². The van der Waals surface area contributed by atoms with E-state index in [1.165, 1.54) is 34.4 Å². The molecule has 70 heavy (non-hydrogen) atoms. The second-order valence-electron chi connectivity index (χ2n) is 18.7. The molecule has 2 aromatic rings. The Labute approximate surface area is 417 Å². The molecule has 2 rings (SSSR count). The maximum atomic E-state index is 13.7. The summed E-state index contributed by atoms with van der Waals surface area (Å²) in [6.45, 7) is 15.0. The fourth-order valence-electron chi connectivity index (χ4n) is 7.15. The lowest BCUT2D eigenvalue weighted by molar-refractivity contribution is -0.169. The summed E-state index contributed by atoms with van der Waals surface area (Å²) in [4.78, 5) is 77.6. The Bertz CT molecular complexity index is 2120. The van der Waals surface area contributed by atoms with Crippen molar-refractivity contribution >= 4 is 35.6 Å². The van der Waals surface area contributed by atoms with Gasteiger partial charge < -0.3 is 41.6 Å². The number of hydrogen-bond acceptors (Lipinski definition) is 10. The molecule has 384 valence electrons. The molecular formula is C56H81N5O9. The summed E-state index contributed by atoms with van der Waals surface area (Å²) < 4.78 is 10.5. The van der Waals surface area contributed by atoms with Gasteiger partial charge in [-0.05, 0) is 141 Å². The zero-order valence-corrected chi connectivity index (χ0v) is 43.0. The van der Waals surface area contributed by atoms with E-state index in [1.54, 1.807) is 36.4 Å². The molecule has 0 saturated carbocycles. The minimum absolute atomic E-state index is 0.0452. The number of rotatable bonds is 32. The van der Waals surface area contributed by atoms with Crippen LogP contribution in [0, 0.1) is 5.92 Å². The molecule has 14 nitrogen and oxygen atoms in total. The molecule has 0 heterocycles. The maximum absolute atomic E-state index is 13.7. The van der Waals surface area contributed by atoms with E-state index in [4.69, 9.17) is 15.2 Å². The molecular weight excluding hydrogens is 887 g/mol. The highest BCUT2D eigenvalue weighted by molar-refractivity contribution is 5.93. The van der Waals surface area contributed by atoms with Crippen molar-refractivity contribution in [2.45, 2.75) is 157 Å². The third kappa shape index (κ3) is 28.3. The summed E-state index contributed by atoms with van der Waals surface area (Å²) in [6, 6.07) is 12.0. The first-order chi connectivity index (χ1) is 33.3. The molecule has 0 saturated heterocycles. The Kier molecular flexibility index (Phi) is 29.1. The van der Waals surface area contributed by atoms with Gasteiger partial charge in [0.1, 0.15) is 17.8 Å². The van der Waals surface area contributed by atoms with Gasteiger partial charge in [-0.2, -0.15) is 0 Å². The zero-order chi connectivity index (χ0) is 51.8. The molecule has 0 radical (unpaired) electrons. The number of amides is 4. The number of allylic oxidation sites excluding steroid dienone is 10. The second-order valence-corrected chi connectivity index (χ2v) is 18.7. The number of esters is 2. The van der Waals surface area contributed by atoms with Crippen LogP contribution in [0.3, 0.4) is 0 Å². The Balaban J connectivity index is 1.81. The number of unbranched alkanes of at least 4 members (excludes halogenated alkanes) is 1. The van der Waals surface area contributed by atoms with Gasteiger partial charge in [-0.25, -0.2) is 4.79 Å². The van der Waals surface area contributed by atoms with Crippen LogP contribution in [-0.2, 0) is 51.1 Å². The fourth-order valence-corrected chi connectivity index (χ4v) is 7.15. The van der Waals surface area contributed by atoms with Crippen molar-refractivity contribution in [1.82, 2.24) is 21.3 Å². The van der Waals surface area contributed by atoms with Crippen molar-refractivity contribution in [3.05, 3.63) is 124 Å². The predicted molar refractivity (Wildman–Crippen MR) is 277 cm³/mol. The minimum atomic E-state index is -1.15. The van der Waals surface area contributed by atoms with E-state index in [2.05, 4.69) is 86.3 Å². The number of ether oxygens (including phenoxy) is 2. The van der Waals surface area contributed by atoms with Crippen molar-refractivity contribution in [3.63, 3.8) is 0 Å². The van der Waals surface area contributed by atoms with Crippen LogP contribution in [0.25, 0.3) is 0 Å². The van der Waals surface area contributed by atoms with Crippen molar-refractivity contribution < 1.29 is 43.3 Å². The molecule has 0 spiro atoms. The number of carbonyl (C=O) groups is 6. The van der Waals surface area contributed by atoms with E-state index >= 15 is 0 Å². The van der Waals surface area contributed by atoms with E-state index in [0.29, 0.717) is 6.42 Å². The number of carbonyl (C=O) groups excluding carboxylic acids is 6. The number of phenols is 1. The highest BCUT2D eigenvalue weighted by Crippen LogP contribution is 2.16. The Morgan fingerprint density at radius 2 is 1.10 bits per heavy atom. The normalized spacial score (nSPS) is 13.4. The van der Waals surface area contributed by atoms with E-state index in [9.17, 15) is 33.9 Å². The molecule has 0 aliphatic rings. The zero-order valence-electron chi connectivity index (χ0n) is 43.0. The van der Waals surface area contributed by atoms with Gasteiger partial charge in [0.15, 0.2) is 0 Å². The topological polar surface area (TPSA) is 215 Å². The first kappa shape index (κ1) is 59.8. The summed E-state index contributed by atoms with van der Waals surface area (Å²) in [6.07, 6.45) is 20.8. The Hall–Kier alpha value is -6.28. The fraction of sp³-hybridized carbons (Fsp3) is 0.500. The number of aromatic hydroxyl groups is 1. The molecule has 0 aromatic heterocycles. The van der Waals surface area contributed by atoms with Gasteiger partial charge in [-0.1, -0.05) is 115 Å². The maximum Gasteiger partial charge on any atom is 0.331 e. The summed E-state index contributed by atoms with van der Waals surface area (Å²) in [5.74, 6) is -3.88. The van der Waals surface area contributed by atoms with E-state index in [-0.39, 0.29) is 37.4 Å². The summed E-state index contributed by atoms with van der Waals surface area (Å²) >= 11 is 0. The standard InChI is InChI=1S/C56H81N5O9/c1-39(2)17-14-20-43(7)23-15-21-41(5)18-12-13-19-42(6)22-16-24-44(8)27-32-53(65)69-38-70-56(68)50(33-40(3)4)61-55(67)49(35-45-25-10-9-11-26-45)60-52(64)37-58-51(63)36-59-54(66)48(57)34-46-28-30-47(62)31-29-46/h9-11,17-19,23-26,28-31,40,48-50,62H,12-16,20-22,27,32-38,57H2,1-8H3,(H,58,63)(H,59,66)(H,60,64)(H,61,67)/b41-18+,42-19+,43-23+,44-24+. The van der Waals surface area contributed by atoms with Crippen LogP contribution in [0.2, 0.25) is 0 Å². The molecule has 7 N–H and O–H groups in total. The van der Waals surface area contributed by atoms with Crippen molar-refractivity contribution in [3.8, 4) is 5.75 Å². The van der Waals surface area contributed by atoms with Gasteiger partial charge in [0, 0.05) is 12.8 Å². The molecule has 0 fully saturated rings. The number of hydrogen-bond donors (Lipinski definition) is 6. The van der Waals surface area contributed by atoms with Crippen LogP contribution >= 0.6 is 0 Å². The summed E-state index contributed by atoms with van der Waals surface area (Å²) in [7, 11) is 0. The van der Waals surface area contributed by atoms with Gasteiger partial charge in [0.25, 0.3) is 0 Å². The molecule has 14 heteroatoms. The third-order valence-corrected chi connectivity index (χ3v) is 11.3. The van der Waals surface area contributed by atoms with E-state index in [0.717, 1.165) is 68.1 Å². The first-order valence-electron chi connectivity index (χ1n) is 24.6. The SMILES string of the molecule is CC(C)=CCC/C(C)=C/CC/C(C)=C/CC/C=C(\C)CC/C=C(\C)CCC(=O)OCOC(=O)C(CC(C)C)NC(=O)C(Cc1ccccc1)NC(=O)CNC(=O)CNC(=O)C(N)Cc1ccc(O)cc1. The molecule has 2 aromatic carbocycles. The second kappa shape index (κ2) is 34.1. The van der Waals surface area contributed by atoms with Crippen LogP contribution in [0.15, 0.2) is 113 Å². The molecule has 0 bridgehead atoms. The average molecular weight is 968 g/mol. The smallest absolute Gasteiger partial charge is 0.331 e. The minimum Gasteiger partial charge on any atom is -0.508 e. The average Bonchev–Trinajstić information content (AvgIpc) is 3.31. The highest BCUT2D eigenvalue weighted by Gasteiger charge is 2.29. The van der Waals surface area contributed by atoms with Crippen LogP contribution in [0.4, 0.5) is 0 Å². The van der Waals surface area contributed by atoms with Crippen molar-refractivity contribution in [1.29, 1.82) is 0 Å². The Morgan fingerprint density at radius 3 is 1.67 bits per heavy atom. The Morgan fingerprint density at radius 1 is 0.571 bits per heavy atom. The quantitative estimate of drug-likeness (QED) is 0.0178. The largest absolute Gasteiger partial charge is 0.508 e. The predicted octanol–water partition coefficient (Wildman–Crippen LogP) is 8.45. The van der Waals surface area contributed by atoms with E-state index < -0.39 is 73.6 Å².